The molecule has 1 aromatic heterocycles. The summed E-state index contributed by atoms with van der Waals surface area (Å²) >= 11 is 0. The molecule has 0 atom stereocenters. The van der Waals surface area contributed by atoms with Crippen molar-refractivity contribution in [3.8, 4) is 11.5 Å². The first-order chi connectivity index (χ1) is 11.6. The summed E-state index contributed by atoms with van der Waals surface area (Å²) in [4.78, 5) is 27.8. The Kier molecular flexibility index (Phi) is 5.73. The average Bonchev–Trinajstić information content (AvgIpc) is 2.64. The molecule has 1 heterocycles. The van der Waals surface area contributed by atoms with Crippen LogP contribution in [-0.2, 0) is 11.3 Å². The highest BCUT2D eigenvalue weighted by atomic mass is 16.5. The van der Waals surface area contributed by atoms with Crippen LogP contribution in [0, 0.1) is 0 Å². The molecule has 7 heteroatoms. The Hall–Kier alpha value is -3.09. The normalized spacial score (nSPS) is 9.96. The van der Waals surface area contributed by atoms with Gasteiger partial charge >= 0.3 is 5.97 Å². The number of aromatic nitrogens is 1. The zero-order valence-electron chi connectivity index (χ0n) is 13.7. The monoisotopic (exact) mass is 330 g/mol. The second-order valence-electron chi connectivity index (χ2n) is 4.78. The Balaban J connectivity index is 2.07. The van der Waals surface area contributed by atoms with Gasteiger partial charge in [-0.05, 0) is 30.3 Å². The van der Waals surface area contributed by atoms with Gasteiger partial charge in [0.25, 0.3) is 5.91 Å². The number of nitrogens with zero attached hydrogens (tertiary/aromatic N) is 1. The van der Waals surface area contributed by atoms with Gasteiger partial charge in [0.2, 0.25) is 0 Å². The van der Waals surface area contributed by atoms with Crippen molar-refractivity contribution in [1.82, 2.24) is 10.3 Å². The fourth-order valence-electron chi connectivity index (χ4n) is 2.07. The number of amides is 1. The molecule has 0 bridgehead atoms. The quantitative estimate of drug-likeness (QED) is 0.813. The highest BCUT2D eigenvalue weighted by Gasteiger charge is 2.11. The van der Waals surface area contributed by atoms with Crippen LogP contribution in [0.5, 0.6) is 11.5 Å². The standard InChI is InChI=1S/C17H18N2O5/c1-22-14-5-4-11(9-15(14)23-2)16(20)19-10-13-8-12(6-7-18-13)17(21)24-3/h4-9H,10H2,1-3H3,(H,19,20). The molecule has 0 radical (unpaired) electrons. The second kappa shape index (κ2) is 7.96. The molecule has 0 spiro atoms. The van der Waals surface area contributed by atoms with Gasteiger partial charge in [0, 0.05) is 11.8 Å². The highest BCUT2D eigenvalue weighted by Crippen LogP contribution is 2.27. The number of esters is 1. The number of hydrogen-bond donors (Lipinski definition) is 1. The topological polar surface area (TPSA) is 86.8 Å². The summed E-state index contributed by atoms with van der Waals surface area (Å²) in [6, 6.07) is 8.00. The van der Waals surface area contributed by atoms with Crippen molar-refractivity contribution < 1.29 is 23.8 Å². The molecule has 126 valence electrons. The lowest BCUT2D eigenvalue weighted by molar-refractivity contribution is 0.0600. The van der Waals surface area contributed by atoms with Gasteiger partial charge in [-0.15, -0.1) is 0 Å². The van der Waals surface area contributed by atoms with E-state index in [1.54, 1.807) is 30.3 Å². The highest BCUT2D eigenvalue weighted by molar-refractivity contribution is 5.95. The predicted molar refractivity (Wildman–Crippen MR) is 86.3 cm³/mol. The molecular formula is C17H18N2O5. The maximum absolute atomic E-state index is 12.2. The molecule has 0 saturated heterocycles. The van der Waals surface area contributed by atoms with Crippen molar-refractivity contribution in [3.05, 3.63) is 53.3 Å². The van der Waals surface area contributed by atoms with Crippen LogP contribution in [0.25, 0.3) is 0 Å². The van der Waals surface area contributed by atoms with Gasteiger partial charge in [0.05, 0.1) is 39.1 Å². The number of carbonyl (C=O) groups excluding carboxylic acids is 2. The fourth-order valence-corrected chi connectivity index (χ4v) is 2.07. The zero-order valence-corrected chi connectivity index (χ0v) is 13.7. The molecule has 1 aromatic carbocycles. The van der Waals surface area contributed by atoms with E-state index in [1.807, 2.05) is 0 Å². The summed E-state index contributed by atoms with van der Waals surface area (Å²) in [6.07, 6.45) is 1.49. The molecule has 0 saturated carbocycles. The number of ether oxygens (including phenoxy) is 3. The van der Waals surface area contributed by atoms with Crippen molar-refractivity contribution in [3.63, 3.8) is 0 Å². The van der Waals surface area contributed by atoms with E-state index in [9.17, 15) is 9.59 Å². The Bertz CT molecular complexity index is 746. The van der Waals surface area contributed by atoms with E-state index in [0.717, 1.165) is 0 Å². The van der Waals surface area contributed by atoms with E-state index in [2.05, 4.69) is 15.0 Å². The van der Waals surface area contributed by atoms with Gasteiger partial charge in [-0.25, -0.2) is 4.79 Å². The van der Waals surface area contributed by atoms with E-state index < -0.39 is 5.97 Å². The minimum atomic E-state index is -0.454. The second-order valence-corrected chi connectivity index (χ2v) is 4.78. The molecule has 7 nitrogen and oxygen atoms in total. The van der Waals surface area contributed by atoms with Crippen molar-refractivity contribution >= 4 is 11.9 Å². The predicted octanol–water partition coefficient (Wildman–Crippen LogP) is 1.82. The van der Waals surface area contributed by atoms with Crippen LogP contribution in [-0.4, -0.2) is 38.2 Å². The lowest BCUT2D eigenvalue weighted by Gasteiger charge is -2.10. The molecule has 2 aromatic rings. The zero-order chi connectivity index (χ0) is 17.5. The molecule has 0 aliphatic rings. The van der Waals surface area contributed by atoms with Crippen LogP contribution < -0.4 is 14.8 Å². The third-order valence-corrected chi connectivity index (χ3v) is 3.31. The number of rotatable bonds is 6. The van der Waals surface area contributed by atoms with Crippen LogP contribution in [0.2, 0.25) is 0 Å². The summed E-state index contributed by atoms with van der Waals surface area (Å²) in [7, 11) is 4.33. The van der Waals surface area contributed by atoms with E-state index in [1.165, 1.54) is 27.5 Å². The average molecular weight is 330 g/mol. The third kappa shape index (κ3) is 4.01. The van der Waals surface area contributed by atoms with Crippen molar-refractivity contribution in [2.75, 3.05) is 21.3 Å². The Labute approximate surface area is 139 Å². The Morgan fingerprint density at radius 3 is 2.42 bits per heavy atom. The van der Waals surface area contributed by atoms with Gasteiger partial charge in [-0.3, -0.25) is 9.78 Å². The van der Waals surface area contributed by atoms with Crippen LogP contribution in [0.15, 0.2) is 36.5 Å². The molecule has 1 N–H and O–H groups in total. The molecule has 24 heavy (non-hydrogen) atoms. The summed E-state index contributed by atoms with van der Waals surface area (Å²) in [5.74, 6) is 0.267. The third-order valence-electron chi connectivity index (χ3n) is 3.31. The van der Waals surface area contributed by atoms with Crippen molar-refractivity contribution in [2.24, 2.45) is 0 Å². The number of benzene rings is 1. The van der Waals surface area contributed by atoms with Crippen LogP contribution in [0.1, 0.15) is 26.4 Å². The maximum Gasteiger partial charge on any atom is 0.337 e. The van der Waals surface area contributed by atoms with Crippen molar-refractivity contribution in [1.29, 1.82) is 0 Å². The molecular weight excluding hydrogens is 312 g/mol. The summed E-state index contributed by atoms with van der Waals surface area (Å²) in [6.45, 7) is 0.179. The number of nitrogens with one attached hydrogen (secondary N) is 1. The Morgan fingerprint density at radius 1 is 1.00 bits per heavy atom. The van der Waals surface area contributed by atoms with Crippen LogP contribution in [0.3, 0.4) is 0 Å². The van der Waals surface area contributed by atoms with Crippen molar-refractivity contribution in [2.45, 2.75) is 6.54 Å². The maximum atomic E-state index is 12.2. The molecule has 0 fully saturated rings. The summed E-state index contributed by atoms with van der Waals surface area (Å²) in [5.41, 5.74) is 1.35. The van der Waals surface area contributed by atoms with Crippen LogP contribution >= 0.6 is 0 Å². The van der Waals surface area contributed by atoms with Gasteiger partial charge < -0.3 is 19.5 Å². The molecule has 0 unspecified atom stereocenters. The SMILES string of the molecule is COC(=O)c1ccnc(CNC(=O)c2ccc(OC)c(OC)c2)c1. The summed E-state index contributed by atoms with van der Waals surface area (Å²) < 4.78 is 15.0. The number of pyridine rings is 1. The summed E-state index contributed by atoms with van der Waals surface area (Å²) in [5, 5.41) is 2.74. The van der Waals surface area contributed by atoms with Gasteiger partial charge in [0.1, 0.15) is 0 Å². The fraction of sp³-hybridized carbons (Fsp3) is 0.235. The number of methoxy groups -OCH3 is 3. The lowest BCUT2D eigenvalue weighted by Crippen LogP contribution is -2.23. The molecule has 2 rings (SSSR count). The molecule has 1 amide bonds. The molecule has 0 aliphatic heterocycles. The number of carbonyl (C=O) groups is 2. The first-order valence-corrected chi connectivity index (χ1v) is 7.12. The largest absolute Gasteiger partial charge is 0.493 e. The van der Waals surface area contributed by atoms with E-state index in [0.29, 0.717) is 28.3 Å². The minimum Gasteiger partial charge on any atom is -0.493 e. The van der Waals surface area contributed by atoms with Gasteiger partial charge in [0.15, 0.2) is 11.5 Å². The number of hydrogen-bond acceptors (Lipinski definition) is 6. The smallest absolute Gasteiger partial charge is 0.337 e. The van der Waals surface area contributed by atoms with Gasteiger partial charge in [-0.2, -0.15) is 0 Å². The molecule has 0 aliphatic carbocycles. The van der Waals surface area contributed by atoms with Gasteiger partial charge in [-0.1, -0.05) is 0 Å². The lowest BCUT2D eigenvalue weighted by atomic mass is 10.2. The minimum absolute atomic E-state index is 0.179. The van der Waals surface area contributed by atoms with E-state index >= 15 is 0 Å². The van der Waals surface area contributed by atoms with E-state index in [-0.39, 0.29) is 12.5 Å². The Morgan fingerprint density at radius 2 is 1.75 bits per heavy atom. The van der Waals surface area contributed by atoms with E-state index in [4.69, 9.17) is 9.47 Å². The first kappa shape index (κ1) is 17.3. The van der Waals surface area contributed by atoms with Crippen LogP contribution in [0.4, 0.5) is 0 Å². The first-order valence-electron chi connectivity index (χ1n) is 7.12.